The van der Waals surface area contributed by atoms with Gasteiger partial charge >= 0.3 is 11.9 Å². The Kier molecular flexibility index (Phi) is 6.75. The molecule has 3 atom stereocenters. The smallest absolute Gasteiger partial charge is 0.298 e. The van der Waals surface area contributed by atoms with Crippen molar-refractivity contribution in [3.8, 4) is 11.8 Å². The first kappa shape index (κ1) is 26.1. The molecule has 2 N–H and O–H groups in total. The van der Waals surface area contributed by atoms with E-state index in [4.69, 9.17) is 0 Å². The van der Waals surface area contributed by atoms with Crippen LogP contribution in [0.3, 0.4) is 0 Å². The van der Waals surface area contributed by atoms with E-state index in [1.807, 2.05) is 23.1 Å². The van der Waals surface area contributed by atoms with Crippen molar-refractivity contribution in [3.63, 3.8) is 0 Å². The maximum Gasteiger partial charge on any atom is 0.418 e. The second kappa shape index (κ2) is 10.1. The fraction of sp³-hybridized carbons (Fsp3) is 0.500. The summed E-state index contributed by atoms with van der Waals surface area (Å²) in [4.78, 5) is 17.7. The highest BCUT2D eigenvalue weighted by molar-refractivity contribution is 5.58. The molecule has 3 aromatic rings. The predicted molar refractivity (Wildman–Crippen MR) is 140 cm³/mol. The van der Waals surface area contributed by atoms with E-state index < -0.39 is 17.4 Å². The Morgan fingerprint density at radius 3 is 2.64 bits per heavy atom. The molecular formula is C28H32F3N7O. The first-order chi connectivity index (χ1) is 18.7. The van der Waals surface area contributed by atoms with Crippen LogP contribution >= 0.6 is 0 Å². The molecule has 0 amide bonds. The van der Waals surface area contributed by atoms with Crippen molar-refractivity contribution in [2.45, 2.75) is 50.5 Å². The van der Waals surface area contributed by atoms with E-state index in [1.54, 1.807) is 6.07 Å². The van der Waals surface area contributed by atoms with Gasteiger partial charge in [-0.05, 0) is 68.1 Å². The van der Waals surface area contributed by atoms with Gasteiger partial charge < -0.3 is 0 Å². The van der Waals surface area contributed by atoms with Crippen LogP contribution in [0.2, 0.25) is 0 Å². The van der Waals surface area contributed by atoms with Crippen molar-refractivity contribution in [2.75, 3.05) is 26.8 Å². The molecule has 2 saturated heterocycles. The number of hydrazine groups is 1. The van der Waals surface area contributed by atoms with E-state index in [1.165, 1.54) is 23.4 Å². The molecule has 3 aliphatic rings. The average molecular weight is 540 g/mol. The van der Waals surface area contributed by atoms with Crippen molar-refractivity contribution >= 4 is 5.52 Å². The maximum atomic E-state index is 14.2. The number of halogens is 3. The van der Waals surface area contributed by atoms with Crippen molar-refractivity contribution in [3.05, 3.63) is 69.9 Å². The molecule has 0 spiro atoms. The molecule has 1 unspecified atom stereocenters. The first-order valence-electron chi connectivity index (χ1n) is 13.5. The number of likely N-dealkylation sites (N-methyl/N-ethyl adjacent to an activating group) is 1. The van der Waals surface area contributed by atoms with Crippen LogP contribution < -0.4 is 16.5 Å². The zero-order valence-corrected chi connectivity index (χ0v) is 21.8. The number of nitrogens with zero attached hydrogens (tertiary/aromatic N) is 5. The van der Waals surface area contributed by atoms with Crippen LogP contribution in [0.4, 0.5) is 13.2 Å². The van der Waals surface area contributed by atoms with Crippen LogP contribution in [-0.4, -0.2) is 51.7 Å². The average Bonchev–Trinajstić information content (AvgIpc) is 3.60. The Morgan fingerprint density at radius 2 is 2.00 bits per heavy atom. The summed E-state index contributed by atoms with van der Waals surface area (Å²) >= 11 is 0. The van der Waals surface area contributed by atoms with Crippen molar-refractivity contribution in [1.82, 2.24) is 29.6 Å². The third-order valence-electron chi connectivity index (χ3n) is 8.57. The molecule has 39 heavy (non-hydrogen) atoms. The molecule has 1 aromatic carbocycles. The van der Waals surface area contributed by atoms with Gasteiger partial charge in [0.25, 0.3) is 0 Å². The summed E-state index contributed by atoms with van der Waals surface area (Å²) in [5, 5.41) is 9.18. The fourth-order valence-corrected chi connectivity index (χ4v) is 6.32. The minimum Gasteiger partial charge on any atom is -0.298 e. The normalized spacial score (nSPS) is 23.8. The van der Waals surface area contributed by atoms with Crippen molar-refractivity contribution in [2.24, 2.45) is 11.8 Å². The highest BCUT2D eigenvalue weighted by atomic mass is 19.4. The largest absolute Gasteiger partial charge is 0.418 e. The standard InChI is InChI=1S/C28H32F3N7O/c1-35-17-33-34-26(35)25(20-4-2-5-20)21-6-3-7-22(11-21)37-16-24-23(28(29,30)31)10-19(15-38(24)27(37)39)14-36-9-8-18(12-32)13-36/h3,6-7,10-11,15-16,18,20,25-26,33-34H,2,4-5,8-9,13-14,17H2,1H3/t18-,25+,26?/m1/s1. The number of fused-ring (bicyclic) bond motifs is 1. The van der Waals surface area contributed by atoms with E-state index in [0.29, 0.717) is 36.7 Å². The number of aromatic nitrogens is 2. The van der Waals surface area contributed by atoms with E-state index in [2.05, 4.69) is 28.9 Å². The molecule has 206 valence electrons. The first-order valence-corrected chi connectivity index (χ1v) is 13.5. The quantitative estimate of drug-likeness (QED) is 0.498. The lowest BCUT2D eigenvalue weighted by molar-refractivity contribution is -0.136. The summed E-state index contributed by atoms with van der Waals surface area (Å²) in [7, 11) is 2.05. The summed E-state index contributed by atoms with van der Waals surface area (Å²) in [5.41, 5.74) is 7.03. The van der Waals surface area contributed by atoms with Gasteiger partial charge in [0.2, 0.25) is 0 Å². The van der Waals surface area contributed by atoms with Gasteiger partial charge in [0.1, 0.15) is 0 Å². The zero-order chi connectivity index (χ0) is 27.3. The zero-order valence-electron chi connectivity index (χ0n) is 21.8. The molecule has 1 saturated carbocycles. The number of hydrogen-bond donors (Lipinski definition) is 2. The number of alkyl halides is 3. The molecule has 4 heterocycles. The molecule has 1 aliphatic carbocycles. The van der Waals surface area contributed by atoms with Gasteiger partial charge in [-0.25, -0.2) is 15.6 Å². The molecule has 11 heteroatoms. The van der Waals surface area contributed by atoms with E-state index in [9.17, 15) is 23.2 Å². The van der Waals surface area contributed by atoms with Gasteiger partial charge in [-0.3, -0.25) is 18.8 Å². The highest BCUT2D eigenvalue weighted by Gasteiger charge is 2.39. The summed E-state index contributed by atoms with van der Waals surface area (Å²) in [5.74, 6) is 0.558. The molecule has 2 aliphatic heterocycles. The number of nitriles is 1. The molecule has 0 bridgehead atoms. The summed E-state index contributed by atoms with van der Waals surface area (Å²) in [6.45, 7) is 2.13. The number of nitrogens with one attached hydrogen (secondary N) is 2. The molecule has 0 radical (unpaired) electrons. The van der Waals surface area contributed by atoms with Gasteiger partial charge in [-0.2, -0.15) is 18.4 Å². The van der Waals surface area contributed by atoms with Gasteiger partial charge in [0.15, 0.2) is 0 Å². The molecular weight excluding hydrogens is 507 g/mol. The molecule has 6 rings (SSSR count). The second-order valence-corrected chi connectivity index (χ2v) is 11.1. The van der Waals surface area contributed by atoms with Gasteiger partial charge in [0.05, 0.1) is 41.6 Å². The number of rotatable bonds is 6. The molecule has 3 fully saturated rings. The van der Waals surface area contributed by atoms with Gasteiger partial charge in [0, 0.05) is 31.4 Å². The lowest BCUT2D eigenvalue weighted by Crippen LogP contribution is -2.44. The molecule has 8 nitrogen and oxygen atoms in total. The summed E-state index contributed by atoms with van der Waals surface area (Å²) in [6, 6.07) is 11.0. The Morgan fingerprint density at radius 1 is 1.18 bits per heavy atom. The third kappa shape index (κ3) is 4.87. The number of likely N-dealkylation sites (tertiary alicyclic amines) is 1. The van der Waals surface area contributed by atoms with E-state index in [-0.39, 0.29) is 30.1 Å². The Balaban J connectivity index is 1.40. The SMILES string of the molecule is CN1CNNC1[C@H](c1cccc(-n2cc3c(C(F)(F)F)cc(CN4CC[C@H](C#N)C4)cn3c2=O)c1)C1CCC1. The second-order valence-electron chi connectivity index (χ2n) is 11.1. The van der Waals surface area contributed by atoms with Crippen LogP contribution in [0.5, 0.6) is 0 Å². The number of pyridine rings is 1. The minimum absolute atomic E-state index is 0.0842. The van der Waals surface area contributed by atoms with E-state index in [0.717, 1.165) is 35.5 Å². The monoisotopic (exact) mass is 539 g/mol. The predicted octanol–water partition coefficient (Wildman–Crippen LogP) is 3.66. The lowest BCUT2D eigenvalue weighted by Gasteiger charge is -2.39. The number of imidazole rings is 1. The number of benzene rings is 1. The van der Waals surface area contributed by atoms with Crippen LogP contribution in [0.15, 0.2) is 47.5 Å². The lowest BCUT2D eigenvalue weighted by atomic mass is 9.71. The van der Waals surface area contributed by atoms with Crippen molar-refractivity contribution in [1.29, 1.82) is 5.26 Å². The maximum absolute atomic E-state index is 14.2. The van der Waals surface area contributed by atoms with Gasteiger partial charge in [-0.15, -0.1) is 0 Å². The Labute approximate surface area is 224 Å². The van der Waals surface area contributed by atoms with Crippen LogP contribution in [0, 0.1) is 23.2 Å². The third-order valence-corrected chi connectivity index (χ3v) is 8.57. The Hall–Kier alpha value is -3.17. The topological polar surface area (TPSA) is 80.7 Å². The fourth-order valence-electron chi connectivity index (χ4n) is 6.32. The Bertz CT molecular complexity index is 1470. The number of hydrogen-bond acceptors (Lipinski definition) is 6. The summed E-state index contributed by atoms with van der Waals surface area (Å²) < 4.78 is 45.0. The highest BCUT2D eigenvalue weighted by Crippen LogP contribution is 2.42. The summed E-state index contributed by atoms with van der Waals surface area (Å²) in [6.07, 6.45) is 2.40. The van der Waals surface area contributed by atoms with Crippen LogP contribution in [0.25, 0.3) is 11.2 Å². The van der Waals surface area contributed by atoms with Gasteiger partial charge in [-0.1, -0.05) is 18.6 Å². The minimum atomic E-state index is -4.62. The van der Waals surface area contributed by atoms with Crippen LogP contribution in [0.1, 0.15) is 48.3 Å². The van der Waals surface area contributed by atoms with E-state index >= 15 is 0 Å². The van der Waals surface area contributed by atoms with Crippen LogP contribution in [-0.2, 0) is 12.7 Å². The molecule has 2 aromatic heterocycles. The van der Waals surface area contributed by atoms with Crippen molar-refractivity contribution < 1.29 is 13.2 Å².